The standard InChI is InChI=1S/C17H13FN6O/c18-12-9-20-17(21-16(12)19)14-8-15(13-6-7-25-23-13)24(22-14)10-11-4-2-1-3-5-11/h1-9H,10H2,(H2,19,20,21). The minimum absolute atomic E-state index is 0.217. The zero-order chi connectivity index (χ0) is 17.2. The molecule has 3 aromatic heterocycles. The normalized spacial score (nSPS) is 10.9. The Morgan fingerprint density at radius 1 is 1.12 bits per heavy atom. The molecule has 0 saturated carbocycles. The van der Waals surface area contributed by atoms with Gasteiger partial charge in [-0.3, -0.25) is 4.68 Å². The number of halogens is 1. The van der Waals surface area contributed by atoms with Crippen molar-refractivity contribution in [3.8, 4) is 22.9 Å². The fourth-order valence-electron chi connectivity index (χ4n) is 2.46. The lowest BCUT2D eigenvalue weighted by molar-refractivity contribution is 0.421. The van der Waals surface area contributed by atoms with Crippen molar-refractivity contribution in [2.24, 2.45) is 0 Å². The Morgan fingerprint density at radius 3 is 2.68 bits per heavy atom. The molecule has 0 bridgehead atoms. The minimum atomic E-state index is -0.663. The average Bonchev–Trinajstić information content (AvgIpc) is 3.28. The second-order valence-corrected chi connectivity index (χ2v) is 5.37. The van der Waals surface area contributed by atoms with Gasteiger partial charge < -0.3 is 10.3 Å². The van der Waals surface area contributed by atoms with Crippen LogP contribution in [0.2, 0.25) is 0 Å². The number of hydrogen-bond acceptors (Lipinski definition) is 6. The van der Waals surface area contributed by atoms with Gasteiger partial charge in [0, 0.05) is 6.07 Å². The van der Waals surface area contributed by atoms with Crippen LogP contribution in [0, 0.1) is 5.82 Å². The third-order valence-electron chi connectivity index (χ3n) is 3.66. The molecule has 124 valence electrons. The van der Waals surface area contributed by atoms with E-state index in [1.54, 1.807) is 16.8 Å². The second kappa shape index (κ2) is 6.16. The number of benzene rings is 1. The molecule has 0 spiro atoms. The first-order chi connectivity index (χ1) is 12.2. The highest BCUT2D eigenvalue weighted by atomic mass is 19.1. The first-order valence-electron chi connectivity index (χ1n) is 7.51. The summed E-state index contributed by atoms with van der Waals surface area (Å²) in [7, 11) is 0. The van der Waals surface area contributed by atoms with Crippen LogP contribution in [-0.2, 0) is 6.54 Å². The van der Waals surface area contributed by atoms with E-state index in [0.717, 1.165) is 17.5 Å². The van der Waals surface area contributed by atoms with Crippen LogP contribution in [0.5, 0.6) is 0 Å². The molecule has 7 nitrogen and oxygen atoms in total. The third-order valence-corrected chi connectivity index (χ3v) is 3.66. The van der Waals surface area contributed by atoms with Gasteiger partial charge in [-0.25, -0.2) is 14.4 Å². The van der Waals surface area contributed by atoms with Gasteiger partial charge in [0.25, 0.3) is 0 Å². The number of aromatic nitrogens is 5. The van der Waals surface area contributed by atoms with E-state index < -0.39 is 5.82 Å². The predicted molar refractivity (Wildman–Crippen MR) is 88.7 cm³/mol. The Kier molecular flexibility index (Phi) is 3.70. The average molecular weight is 336 g/mol. The lowest BCUT2D eigenvalue weighted by atomic mass is 10.2. The molecular formula is C17H13FN6O. The molecule has 2 N–H and O–H groups in total. The molecule has 25 heavy (non-hydrogen) atoms. The van der Waals surface area contributed by atoms with Crippen LogP contribution in [0.25, 0.3) is 22.9 Å². The van der Waals surface area contributed by atoms with Gasteiger partial charge in [-0.1, -0.05) is 35.5 Å². The summed E-state index contributed by atoms with van der Waals surface area (Å²) < 4.78 is 20.0. The monoisotopic (exact) mass is 336 g/mol. The molecule has 0 aliphatic rings. The van der Waals surface area contributed by atoms with Crippen LogP contribution in [0.4, 0.5) is 10.2 Å². The van der Waals surface area contributed by atoms with Crippen molar-refractivity contribution in [3.63, 3.8) is 0 Å². The Balaban J connectivity index is 1.79. The van der Waals surface area contributed by atoms with E-state index in [-0.39, 0.29) is 11.6 Å². The van der Waals surface area contributed by atoms with Crippen molar-refractivity contribution in [3.05, 3.63) is 66.3 Å². The van der Waals surface area contributed by atoms with Gasteiger partial charge in [-0.05, 0) is 11.6 Å². The summed E-state index contributed by atoms with van der Waals surface area (Å²) in [5, 5.41) is 8.50. The van der Waals surface area contributed by atoms with Crippen LogP contribution >= 0.6 is 0 Å². The molecule has 8 heteroatoms. The van der Waals surface area contributed by atoms with Gasteiger partial charge >= 0.3 is 0 Å². The molecule has 0 atom stereocenters. The smallest absolute Gasteiger partial charge is 0.183 e. The van der Waals surface area contributed by atoms with Crippen molar-refractivity contribution in [1.29, 1.82) is 0 Å². The first-order valence-corrected chi connectivity index (χ1v) is 7.51. The summed E-state index contributed by atoms with van der Waals surface area (Å²) in [5.41, 5.74) is 8.44. The summed E-state index contributed by atoms with van der Waals surface area (Å²) in [6, 6.07) is 13.4. The van der Waals surface area contributed by atoms with Gasteiger partial charge in [-0.15, -0.1) is 0 Å². The largest absolute Gasteiger partial charge is 0.381 e. The van der Waals surface area contributed by atoms with E-state index in [9.17, 15) is 4.39 Å². The molecule has 4 aromatic rings. The van der Waals surface area contributed by atoms with Gasteiger partial charge in [0.1, 0.15) is 17.7 Å². The van der Waals surface area contributed by atoms with Crippen LogP contribution in [0.1, 0.15) is 5.56 Å². The fourth-order valence-corrected chi connectivity index (χ4v) is 2.46. The van der Waals surface area contributed by atoms with Crippen LogP contribution in [0.3, 0.4) is 0 Å². The van der Waals surface area contributed by atoms with Crippen molar-refractivity contribution < 1.29 is 8.91 Å². The van der Waals surface area contributed by atoms with Crippen molar-refractivity contribution in [2.75, 3.05) is 5.73 Å². The number of nitrogen functional groups attached to an aromatic ring is 1. The molecule has 4 rings (SSSR count). The summed E-state index contributed by atoms with van der Waals surface area (Å²) >= 11 is 0. The molecule has 0 saturated heterocycles. The van der Waals surface area contributed by atoms with E-state index in [4.69, 9.17) is 10.3 Å². The van der Waals surface area contributed by atoms with Gasteiger partial charge in [0.2, 0.25) is 0 Å². The van der Waals surface area contributed by atoms with Gasteiger partial charge in [0.15, 0.2) is 17.5 Å². The highest BCUT2D eigenvalue weighted by Crippen LogP contribution is 2.24. The fraction of sp³-hybridized carbons (Fsp3) is 0.0588. The molecule has 0 radical (unpaired) electrons. The Hall–Kier alpha value is -3.55. The molecule has 0 amide bonds. The van der Waals surface area contributed by atoms with E-state index >= 15 is 0 Å². The van der Waals surface area contributed by atoms with Gasteiger partial charge in [0.05, 0.1) is 18.4 Å². The maximum atomic E-state index is 13.3. The highest BCUT2D eigenvalue weighted by molar-refractivity contribution is 5.63. The molecule has 0 aliphatic carbocycles. The molecule has 0 fully saturated rings. The molecule has 1 aromatic carbocycles. The molecular weight excluding hydrogens is 323 g/mol. The highest BCUT2D eigenvalue weighted by Gasteiger charge is 2.16. The SMILES string of the molecule is Nc1nc(-c2cc(-c3ccon3)n(Cc3ccccc3)n2)ncc1F. The predicted octanol–water partition coefficient (Wildman–Crippen LogP) is 2.76. The van der Waals surface area contributed by atoms with Crippen LogP contribution in [-0.4, -0.2) is 24.9 Å². The van der Waals surface area contributed by atoms with E-state index in [2.05, 4.69) is 20.2 Å². The van der Waals surface area contributed by atoms with Crippen LogP contribution < -0.4 is 5.73 Å². The Bertz CT molecular complexity index is 997. The van der Waals surface area contributed by atoms with E-state index in [1.165, 1.54) is 6.26 Å². The van der Waals surface area contributed by atoms with Crippen LogP contribution in [0.15, 0.2) is 59.4 Å². The third kappa shape index (κ3) is 2.97. The minimum Gasteiger partial charge on any atom is -0.381 e. The number of nitrogens with zero attached hydrogens (tertiary/aromatic N) is 5. The summed E-state index contributed by atoms with van der Waals surface area (Å²) in [6.07, 6.45) is 2.52. The number of nitrogens with two attached hydrogens (primary N) is 1. The summed E-state index contributed by atoms with van der Waals surface area (Å²) in [5.74, 6) is -0.634. The summed E-state index contributed by atoms with van der Waals surface area (Å²) in [4.78, 5) is 7.92. The zero-order valence-corrected chi connectivity index (χ0v) is 13.0. The van der Waals surface area contributed by atoms with E-state index in [1.807, 2.05) is 30.3 Å². The number of rotatable bonds is 4. The van der Waals surface area contributed by atoms with Crippen molar-refractivity contribution in [2.45, 2.75) is 6.54 Å². The maximum Gasteiger partial charge on any atom is 0.183 e. The van der Waals surface area contributed by atoms with E-state index in [0.29, 0.717) is 17.9 Å². The lowest BCUT2D eigenvalue weighted by Gasteiger charge is -2.05. The number of anilines is 1. The number of hydrogen-bond donors (Lipinski definition) is 1. The molecule has 3 heterocycles. The second-order valence-electron chi connectivity index (χ2n) is 5.37. The molecule has 0 unspecified atom stereocenters. The quantitative estimate of drug-likeness (QED) is 0.615. The van der Waals surface area contributed by atoms with Crippen molar-refractivity contribution >= 4 is 5.82 Å². The van der Waals surface area contributed by atoms with Crippen molar-refractivity contribution in [1.82, 2.24) is 24.9 Å². The molecule has 0 aliphatic heterocycles. The first kappa shape index (κ1) is 15.0. The Morgan fingerprint density at radius 2 is 1.96 bits per heavy atom. The zero-order valence-electron chi connectivity index (χ0n) is 13.0. The van der Waals surface area contributed by atoms with Gasteiger partial charge in [-0.2, -0.15) is 5.10 Å². The maximum absolute atomic E-state index is 13.3. The summed E-state index contributed by atoms with van der Waals surface area (Å²) in [6.45, 7) is 0.527. The topological polar surface area (TPSA) is 95.7 Å². The Labute approximate surface area is 141 Å². The lowest BCUT2D eigenvalue weighted by Crippen LogP contribution is -2.04.